The predicted octanol–water partition coefficient (Wildman–Crippen LogP) is 2.13. The second-order valence-corrected chi connectivity index (χ2v) is 9.15. The van der Waals surface area contributed by atoms with Crippen LogP contribution in [0.3, 0.4) is 0 Å². The molecule has 2 aliphatic heterocycles. The second kappa shape index (κ2) is 8.81. The summed E-state index contributed by atoms with van der Waals surface area (Å²) in [4.78, 5) is 26.6. The number of carbonyl (C=O) groups is 2. The normalized spacial score (nSPS) is 19.7. The third-order valence-corrected chi connectivity index (χ3v) is 6.50. The minimum atomic E-state index is -0.638. The van der Waals surface area contributed by atoms with Crippen molar-refractivity contribution >= 4 is 40.1 Å². The zero-order chi connectivity index (χ0) is 20.4. The van der Waals surface area contributed by atoms with Crippen LogP contribution >= 0.6 is 22.6 Å². The van der Waals surface area contributed by atoms with Gasteiger partial charge in [0.2, 0.25) is 5.91 Å². The van der Waals surface area contributed by atoms with Gasteiger partial charge >= 0.3 is 0 Å². The van der Waals surface area contributed by atoms with Crippen LogP contribution in [0, 0.1) is 0 Å². The summed E-state index contributed by atoms with van der Waals surface area (Å²) >= 11 is 2.12. The lowest BCUT2D eigenvalue weighted by atomic mass is 9.99. The van der Waals surface area contributed by atoms with Gasteiger partial charge in [-0.05, 0) is 41.7 Å². The number of β-amino-alcohol motifs (C(OH)–C–C–N with tert-alkyl or cyclic N) is 1. The van der Waals surface area contributed by atoms with E-state index in [9.17, 15) is 14.7 Å². The van der Waals surface area contributed by atoms with Crippen LogP contribution in [0.5, 0.6) is 0 Å². The molecule has 3 N–H and O–H groups in total. The molecule has 0 spiro atoms. The van der Waals surface area contributed by atoms with Crippen molar-refractivity contribution in [2.75, 3.05) is 25.0 Å². The van der Waals surface area contributed by atoms with E-state index in [1.54, 1.807) is 12.1 Å². The first-order chi connectivity index (χ1) is 14.0. The predicted molar refractivity (Wildman–Crippen MR) is 120 cm³/mol. The molecule has 0 bridgehead atoms. The van der Waals surface area contributed by atoms with Gasteiger partial charge in [0.25, 0.3) is 5.91 Å². The molecule has 7 heteroatoms. The molecule has 0 saturated heterocycles. The number of rotatable bonds is 5. The monoisotopic (exact) mass is 505 g/mol. The van der Waals surface area contributed by atoms with Crippen LogP contribution in [0.1, 0.15) is 27.0 Å². The van der Waals surface area contributed by atoms with Gasteiger partial charge in [-0.3, -0.25) is 14.5 Å². The van der Waals surface area contributed by atoms with Crippen molar-refractivity contribution in [1.29, 1.82) is 0 Å². The average molecular weight is 505 g/mol. The van der Waals surface area contributed by atoms with Crippen LogP contribution in [-0.2, 0) is 24.2 Å². The molecule has 2 atom stereocenters. The lowest BCUT2D eigenvalue weighted by Gasteiger charge is -2.30. The number of aliphatic hydroxyl groups is 1. The molecule has 0 radical (unpaired) electrons. The molecule has 0 saturated carbocycles. The topological polar surface area (TPSA) is 81.7 Å². The number of alkyl halides is 1. The molecular weight excluding hydrogens is 481 g/mol. The zero-order valence-electron chi connectivity index (χ0n) is 16.0. The SMILES string of the molecule is O=C(NC[C@H](O)CN1CCc2ccccc2C1)c1ccc2c(c1)NC(=O)[C@@H](I)C2. The Hall–Kier alpha value is -1.97. The minimum Gasteiger partial charge on any atom is -0.390 e. The van der Waals surface area contributed by atoms with Gasteiger partial charge in [-0.25, -0.2) is 0 Å². The van der Waals surface area contributed by atoms with Gasteiger partial charge in [-0.15, -0.1) is 0 Å². The summed E-state index contributed by atoms with van der Waals surface area (Å²) in [5.74, 6) is -0.282. The summed E-state index contributed by atoms with van der Waals surface area (Å²) in [6.45, 7) is 2.44. The van der Waals surface area contributed by atoms with Crippen molar-refractivity contribution in [2.45, 2.75) is 29.4 Å². The van der Waals surface area contributed by atoms with Crippen LogP contribution < -0.4 is 10.6 Å². The number of amides is 2. The molecule has 0 aliphatic carbocycles. The summed E-state index contributed by atoms with van der Waals surface area (Å²) in [7, 11) is 0. The number of fused-ring (bicyclic) bond motifs is 2. The standard InChI is InChI=1S/C22H24IN3O3/c23-19-9-15-5-6-16(10-20(15)25-22(19)29)21(28)24-11-18(27)13-26-8-7-14-3-1-2-4-17(14)12-26/h1-6,10,18-19,27H,7-9,11-13H2,(H,24,28)(H,25,29)/t18-,19-/m0/s1. The molecule has 0 fully saturated rings. The third kappa shape index (κ3) is 4.79. The first-order valence-corrected chi connectivity index (χ1v) is 11.1. The van der Waals surface area contributed by atoms with Crippen molar-refractivity contribution in [1.82, 2.24) is 10.2 Å². The van der Waals surface area contributed by atoms with E-state index in [4.69, 9.17) is 0 Å². The van der Waals surface area contributed by atoms with Crippen LogP contribution in [-0.4, -0.2) is 51.5 Å². The number of carbonyl (C=O) groups excluding carboxylic acids is 2. The molecule has 2 aliphatic rings. The molecule has 29 heavy (non-hydrogen) atoms. The summed E-state index contributed by atoms with van der Waals surface area (Å²) < 4.78 is -0.0864. The summed E-state index contributed by atoms with van der Waals surface area (Å²) in [5, 5.41) is 16.0. The Morgan fingerprint density at radius 1 is 1.24 bits per heavy atom. The number of nitrogens with one attached hydrogen (secondary N) is 2. The molecule has 2 aromatic carbocycles. The first-order valence-electron chi connectivity index (χ1n) is 9.83. The Morgan fingerprint density at radius 3 is 2.86 bits per heavy atom. The van der Waals surface area contributed by atoms with E-state index in [0.717, 1.165) is 25.1 Å². The molecule has 152 valence electrons. The van der Waals surface area contributed by atoms with Crippen LogP contribution in [0.25, 0.3) is 0 Å². The molecule has 2 amide bonds. The lowest BCUT2D eigenvalue weighted by molar-refractivity contribution is -0.115. The lowest BCUT2D eigenvalue weighted by Crippen LogP contribution is -2.42. The highest BCUT2D eigenvalue weighted by Gasteiger charge is 2.24. The molecule has 4 rings (SSSR count). The Bertz CT molecular complexity index is 933. The first kappa shape index (κ1) is 20.3. The van der Waals surface area contributed by atoms with E-state index in [1.807, 2.05) is 12.1 Å². The molecule has 6 nitrogen and oxygen atoms in total. The number of aliphatic hydroxyl groups excluding tert-OH is 1. The number of benzene rings is 2. The van der Waals surface area contributed by atoms with E-state index >= 15 is 0 Å². The fourth-order valence-corrected chi connectivity index (χ4v) is 4.52. The van der Waals surface area contributed by atoms with E-state index in [1.165, 1.54) is 11.1 Å². The Kier molecular flexibility index (Phi) is 6.17. The van der Waals surface area contributed by atoms with Crippen LogP contribution in [0.2, 0.25) is 0 Å². The highest BCUT2D eigenvalue weighted by molar-refractivity contribution is 14.1. The maximum Gasteiger partial charge on any atom is 0.251 e. The van der Waals surface area contributed by atoms with Crippen molar-refractivity contribution in [3.8, 4) is 0 Å². The van der Waals surface area contributed by atoms with E-state index in [2.05, 4.69) is 56.3 Å². The molecule has 2 heterocycles. The fraction of sp³-hybridized carbons (Fsp3) is 0.364. The van der Waals surface area contributed by atoms with Gasteiger partial charge in [0.1, 0.15) is 0 Å². The zero-order valence-corrected chi connectivity index (χ0v) is 18.2. The Balaban J connectivity index is 1.30. The highest BCUT2D eigenvalue weighted by atomic mass is 127. The number of halogens is 1. The largest absolute Gasteiger partial charge is 0.390 e. The molecule has 0 unspecified atom stereocenters. The minimum absolute atomic E-state index is 0.0332. The Labute approximate surface area is 183 Å². The van der Waals surface area contributed by atoms with E-state index in [-0.39, 0.29) is 22.3 Å². The van der Waals surface area contributed by atoms with Crippen molar-refractivity contribution < 1.29 is 14.7 Å². The van der Waals surface area contributed by atoms with E-state index < -0.39 is 6.10 Å². The van der Waals surface area contributed by atoms with Gasteiger partial charge in [0.05, 0.1) is 10.0 Å². The molecule has 0 aromatic heterocycles. The second-order valence-electron chi connectivity index (χ2n) is 7.65. The summed E-state index contributed by atoms with van der Waals surface area (Å²) in [5.41, 5.74) is 4.89. The number of nitrogens with zero attached hydrogens (tertiary/aromatic N) is 1. The third-order valence-electron chi connectivity index (χ3n) is 5.49. The van der Waals surface area contributed by atoms with Crippen molar-refractivity contribution in [3.05, 3.63) is 64.7 Å². The number of hydrogen-bond acceptors (Lipinski definition) is 4. The van der Waals surface area contributed by atoms with Gasteiger partial charge in [-0.1, -0.05) is 52.9 Å². The van der Waals surface area contributed by atoms with Gasteiger partial charge in [0.15, 0.2) is 0 Å². The number of hydrogen-bond donors (Lipinski definition) is 3. The van der Waals surface area contributed by atoms with E-state index in [0.29, 0.717) is 24.2 Å². The van der Waals surface area contributed by atoms with Gasteiger partial charge in [-0.2, -0.15) is 0 Å². The maximum atomic E-state index is 12.5. The molecule has 2 aromatic rings. The van der Waals surface area contributed by atoms with Crippen LogP contribution in [0.4, 0.5) is 5.69 Å². The highest BCUT2D eigenvalue weighted by Crippen LogP contribution is 2.27. The Morgan fingerprint density at radius 2 is 2.03 bits per heavy atom. The van der Waals surface area contributed by atoms with Crippen molar-refractivity contribution in [2.24, 2.45) is 0 Å². The van der Waals surface area contributed by atoms with Gasteiger partial charge in [0, 0.05) is 37.4 Å². The maximum absolute atomic E-state index is 12.5. The van der Waals surface area contributed by atoms with Gasteiger partial charge < -0.3 is 15.7 Å². The average Bonchev–Trinajstić information content (AvgIpc) is 2.72. The fourth-order valence-electron chi connectivity index (χ4n) is 3.89. The van der Waals surface area contributed by atoms with Crippen LogP contribution in [0.15, 0.2) is 42.5 Å². The summed E-state index contributed by atoms with van der Waals surface area (Å²) in [6.07, 6.45) is 1.01. The smallest absolute Gasteiger partial charge is 0.251 e. The quantitative estimate of drug-likeness (QED) is 0.430. The molecular formula is C22H24IN3O3. The summed E-state index contributed by atoms with van der Waals surface area (Å²) in [6, 6.07) is 13.7. The van der Waals surface area contributed by atoms with Crippen molar-refractivity contribution in [3.63, 3.8) is 0 Å². The number of anilines is 1.